The van der Waals surface area contributed by atoms with Gasteiger partial charge in [-0.25, -0.2) is 4.98 Å². The summed E-state index contributed by atoms with van der Waals surface area (Å²) in [6, 6.07) is 5.73. The Morgan fingerprint density at radius 3 is 3.06 bits per heavy atom. The summed E-state index contributed by atoms with van der Waals surface area (Å²) < 4.78 is 1.06. The van der Waals surface area contributed by atoms with Crippen molar-refractivity contribution >= 4 is 50.8 Å². The van der Waals surface area contributed by atoms with E-state index in [0.29, 0.717) is 10.8 Å². The molecule has 0 aliphatic carbocycles. The fourth-order valence-corrected chi connectivity index (χ4v) is 3.93. The largest absolute Gasteiger partial charge is 0.337 e. The lowest BCUT2D eigenvalue weighted by Gasteiger charge is -2.02. The first-order valence-corrected chi connectivity index (χ1v) is 6.94. The van der Waals surface area contributed by atoms with Gasteiger partial charge in [0.1, 0.15) is 15.9 Å². The molecular weight excluding hydrogens is 264 g/mol. The average Bonchev–Trinajstić information content (AvgIpc) is 2.84. The molecule has 1 N–H and O–H groups in total. The molecule has 1 amide bonds. The number of amides is 1. The average molecular weight is 271 g/mol. The van der Waals surface area contributed by atoms with E-state index in [1.165, 1.54) is 0 Å². The molecule has 0 saturated carbocycles. The second-order valence-corrected chi connectivity index (χ2v) is 5.96. The van der Waals surface area contributed by atoms with Gasteiger partial charge in [0.25, 0.3) is 0 Å². The Morgan fingerprint density at radius 1 is 1.50 bits per heavy atom. The van der Waals surface area contributed by atoms with Crippen LogP contribution in [0.15, 0.2) is 18.2 Å². The molecule has 1 saturated heterocycles. The van der Waals surface area contributed by atoms with Gasteiger partial charge < -0.3 is 5.32 Å². The standard InChI is InChI=1S/C10H7ClN2OS2/c11-5-2-1-3-6-8(5)13-10(16-6)9-12-7(14)4-15-9/h1-3,9H,4H2,(H,12,14). The second-order valence-electron chi connectivity index (χ2n) is 3.40. The Labute approximate surface area is 105 Å². The number of para-hydroxylation sites is 1. The van der Waals surface area contributed by atoms with Crippen LogP contribution in [0.25, 0.3) is 10.2 Å². The van der Waals surface area contributed by atoms with Crippen molar-refractivity contribution < 1.29 is 4.79 Å². The van der Waals surface area contributed by atoms with E-state index in [2.05, 4.69) is 10.3 Å². The summed E-state index contributed by atoms with van der Waals surface area (Å²) in [4.78, 5) is 15.6. The zero-order valence-corrected chi connectivity index (χ0v) is 10.5. The minimum atomic E-state index is -0.0130. The first-order chi connectivity index (χ1) is 7.74. The molecule has 1 atom stereocenters. The molecule has 3 rings (SSSR count). The van der Waals surface area contributed by atoms with Gasteiger partial charge in [0.15, 0.2) is 0 Å². The lowest BCUT2D eigenvalue weighted by atomic mass is 10.3. The molecule has 1 aromatic carbocycles. The van der Waals surface area contributed by atoms with Crippen LogP contribution >= 0.6 is 34.7 Å². The number of thioether (sulfide) groups is 1. The van der Waals surface area contributed by atoms with Gasteiger partial charge in [-0.2, -0.15) is 0 Å². The molecule has 2 heterocycles. The van der Waals surface area contributed by atoms with Crippen LogP contribution < -0.4 is 5.32 Å². The molecule has 0 bridgehead atoms. The number of benzene rings is 1. The van der Waals surface area contributed by atoms with Crippen LogP contribution in [0.4, 0.5) is 0 Å². The molecular formula is C10H7ClN2OS2. The number of thiazole rings is 1. The molecule has 3 nitrogen and oxygen atoms in total. The highest BCUT2D eigenvalue weighted by Gasteiger charge is 2.26. The van der Waals surface area contributed by atoms with E-state index in [0.717, 1.165) is 15.2 Å². The van der Waals surface area contributed by atoms with Gasteiger partial charge >= 0.3 is 0 Å². The van der Waals surface area contributed by atoms with Gasteiger partial charge in [0, 0.05) is 0 Å². The van der Waals surface area contributed by atoms with Crippen molar-refractivity contribution in [2.75, 3.05) is 5.75 Å². The monoisotopic (exact) mass is 270 g/mol. The molecule has 6 heteroatoms. The number of nitrogens with one attached hydrogen (secondary N) is 1. The maximum absolute atomic E-state index is 11.1. The van der Waals surface area contributed by atoms with E-state index >= 15 is 0 Å². The number of aromatic nitrogens is 1. The smallest absolute Gasteiger partial charge is 0.231 e. The highest BCUT2D eigenvalue weighted by atomic mass is 35.5. The first-order valence-electron chi connectivity index (χ1n) is 4.70. The summed E-state index contributed by atoms with van der Waals surface area (Å²) in [7, 11) is 0. The number of hydrogen-bond acceptors (Lipinski definition) is 4. The van der Waals surface area contributed by atoms with Crippen LogP contribution in [-0.4, -0.2) is 16.6 Å². The Kier molecular flexibility index (Phi) is 2.53. The zero-order chi connectivity index (χ0) is 11.1. The number of carbonyl (C=O) groups excluding carboxylic acids is 1. The van der Waals surface area contributed by atoms with Gasteiger partial charge in [-0.1, -0.05) is 17.7 Å². The SMILES string of the molecule is O=C1CSC(c2nc3c(Cl)cccc3s2)N1. The second kappa shape index (κ2) is 3.91. The summed E-state index contributed by atoms with van der Waals surface area (Å²) in [6.07, 6.45) is 0. The Bertz CT molecular complexity index is 569. The van der Waals surface area contributed by atoms with Gasteiger partial charge in [-0.15, -0.1) is 23.1 Å². The Morgan fingerprint density at radius 2 is 2.38 bits per heavy atom. The minimum Gasteiger partial charge on any atom is -0.337 e. The van der Waals surface area contributed by atoms with Crippen LogP contribution in [0.2, 0.25) is 5.02 Å². The molecule has 1 fully saturated rings. The molecule has 82 valence electrons. The fraction of sp³-hybridized carbons (Fsp3) is 0.200. The number of fused-ring (bicyclic) bond motifs is 1. The number of rotatable bonds is 1. The molecule has 0 spiro atoms. The van der Waals surface area contributed by atoms with Crippen molar-refractivity contribution in [1.82, 2.24) is 10.3 Å². The summed E-state index contributed by atoms with van der Waals surface area (Å²) in [6.45, 7) is 0. The third-order valence-corrected chi connectivity index (χ3v) is 4.93. The van der Waals surface area contributed by atoms with E-state index < -0.39 is 0 Å². The molecule has 2 aromatic rings. The van der Waals surface area contributed by atoms with Gasteiger partial charge in [0.2, 0.25) is 5.91 Å². The van der Waals surface area contributed by atoms with Crippen LogP contribution in [-0.2, 0) is 4.79 Å². The lowest BCUT2D eigenvalue weighted by Crippen LogP contribution is -2.18. The highest BCUT2D eigenvalue weighted by Crippen LogP contribution is 2.37. The van der Waals surface area contributed by atoms with Crippen LogP contribution in [0.5, 0.6) is 0 Å². The molecule has 0 radical (unpaired) electrons. The molecule has 1 aromatic heterocycles. The van der Waals surface area contributed by atoms with E-state index in [-0.39, 0.29) is 11.3 Å². The van der Waals surface area contributed by atoms with Crippen molar-refractivity contribution in [1.29, 1.82) is 0 Å². The van der Waals surface area contributed by atoms with Crippen LogP contribution in [0.1, 0.15) is 10.4 Å². The summed E-state index contributed by atoms with van der Waals surface area (Å²) in [5, 5.41) is 4.44. The maximum atomic E-state index is 11.1. The van der Waals surface area contributed by atoms with Crippen molar-refractivity contribution in [2.45, 2.75) is 5.37 Å². The summed E-state index contributed by atoms with van der Waals surface area (Å²) >= 11 is 9.20. The predicted molar refractivity (Wildman–Crippen MR) is 68.0 cm³/mol. The fourth-order valence-electron chi connectivity index (χ4n) is 1.57. The van der Waals surface area contributed by atoms with Crippen molar-refractivity contribution in [3.8, 4) is 0 Å². The number of hydrogen-bond donors (Lipinski definition) is 1. The van der Waals surface area contributed by atoms with Crippen LogP contribution in [0.3, 0.4) is 0 Å². The lowest BCUT2D eigenvalue weighted by molar-refractivity contribution is -0.118. The van der Waals surface area contributed by atoms with Crippen LogP contribution in [0, 0.1) is 0 Å². The Balaban J connectivity index is 2.05. The third kappa shape index (κ3) is 1.69. The van der Waals surface area contributed by atoms with E-state index in [9.17, 15) is 4.79 Å². The van der Waals surface area contributed by atoms with E-state index in [1.54, 1.807) is 23.1 Å². The van der Waals surface area contributed by atoms with Gasteiger partial charge in [-0.05, 0) is 12.1 Å². The van der Waals surface area contributed by atoms with Crippen molar-refractivity contribution in [3.63, 3.8) is 0 Å². The van der Waals surface area contributed by atoms with Gasteiger partial charge in [-0.3, -0.25) is 4.79 Å². The van der Waals surface area contributed by atoms with Crippen molar-refractivity contribution in [2.24, 2.45) is 0 Å². The summed E-state index contributed by atoms with van der Waals surface area (Å²) in [5.74, 6) is 0.578. The third-order valence-electron chi connectivity index (χ3n) is 2.28. The number of carbonyl (C=O) groups is 1. The maximum Gasteiger partial charge on any atom is 0.231 e. The van der Waals surface area contributed by atoms with Crippen molar-refractivity contribution in [3.05, 3.63) is 28.2 Å². The molecule has 1 aliphatic heterocycles. The normalized spacial score (nSPS) is 20.3. The topological polar surface area (TPSA) is 42.0 Å². The molecule has 1 aliphatic rings. The van der Waals surface area contributed by atoms with Gasteiger partial charge in [0.05, 0.1) is 15.5 Å². The van der Waals surface area contributed by atoms with E-state index in [1.807, 2.05) is 18.2 Å². The first kappa shape index (κ1) is 10.4. The van der Waals surface area contributed by atoms with E-state index in [4.69, 9.17) is 11.6 Å². The predicted octanol–water partition coefficient (Wildman–Crippen LogP) is 2.81. The number of nitrogens with zero attached hydrogens (tertiary/aromatic N) is 1. The zero-order valence-electron chi connectivity index (χ0n) is 8.07. The quantitative estimate of drug-likeness (QED) is 0.866. The summed E-state index contributed by atoms with van der Waals surface area (Å²) in [5.41, 5.74) is 0.825. The minimum absolute atomic E-state index is 0.0130. The Hall–Kier alpha value is -0.780. The number of halogens is 1. The highest BCUT2D eigenvalue weighted by molar-refractivity contribution is 8.00. The molecule has 1 unspecified atom stereocenters. The molecule has 16 heavy (non-hydrogen) atoms.